The van der Waals surface area contributed by atoms with Crippen LogP contribution >= 0.6 is 11.3 Å². The molecular formula is C12H18N2O4S. The van der Waals surface area contributed by atoms with E-state index < -0.39 is 12.1 Å². The second-order valence-corrected chi connectivity index (χ2v) is 5.21. The predicted molar refractivity (Wildman–Crippen MR) is 73.2 cm³/mol. The number of nitrogen functional groups attached to an aromatic ring is 1. The fraction of sp³-hybridized carbons (Fsp3) is 0.500. The molecule has 0 fully saturated rings. The summed E-state index contributed by atoms with van der Waals surface area (Å²) in [4.78, 5) is 24.6. The highest BCUT2D eigenvalue weighted by atomic mass is 32.1. The SMILES string of the molecule is COCCNC(=O)C(C)OC(=O)c1cc(N)c(C)s1. The molecule has 1 amide bonds. The van der Waals surface area contributed by atoms with Gasteiger partial charge in [-0.15, -0.1) is 11.3 Å². The number of nitrogens with one attached hydrogen (secondary N) is 1. The summed E-state index contributed by atoms with van der Waals surface area (Å²) in [6, 6.07) is 1.55. The van der Waals surface area contributed by atoms with Gasteiger partial charge in [-0.2, -0.15) is 0 Å². The number of amides is 1. The molecule has 7 heteroatoms. The van der Waals surface area contributed by atoms with E-state index in [9.17, 15) is 9.59 Å². The van der Waals surface area contributed by atoms with Crippen molar-refractivity contribution in [1.82, 2.24) is 5.32 Å². The van der Waals surface area contributed by atoms with Crippen molar-refractivity contribution in [3.8, 4) is 0 Å². The van der Waals surface area contributed by atoms with E-state index in [0.717, 1.165) is 4.88 Å². The van der Waals surface area contributed by atoms with Crippen LogP contribution in [0.25, 0.3) is 0 Å². The van der Waals surface area contributed by atoms with Gasteiger partial charge in [0.15, 0.2) is 6.10 Å². The molecule has 0 aliphatic rings. The molecule has 1 rings (SSSR count). The smallest absolute Gasteiger partial charge is 0.349 e. The van der Waals surface area contributed by atoms with Crippen molar-refractivity contribution in [3.05, 3.63) is 15.8 Å². The first-order valence-corrected chi connectivity index (χ1v) is 6.61. The fourth-order valence-corrected chi connectivity index (χ4v) is 2.11. The van der Waals surface area contributed by atoms with Crippen molar-refractivity contribution in [2.45, 2.75) is 20.0 Å². The van der Waals surface area contributed by atoms with Crippen molar-refractivity contribution in [3.63, 3.8) is 0 Å². The summed E-state index contributed by atoms with van der Waals surface area (Å²) in [5, 5.41) is 2.59. The number of carbonyl (C=O) groups is 2. The number of hydrogen-bond donors (Lipinski definition) is 2. The Hall–Kier alpha value is -1.60. The lowest BCUT2D eigenvalue weighted by molar-refractivity contribution is -0.129. The second-order valence-electron chi connectivity index (χ2n) is 3.95. The highest BCUT2D eigenvalue weighted by Crippen LogP contribution is 2.24. The minimum Gasteiger partial charge on any atom is -0.448 e. The molecular weight excluding hydrogens is 268 g/mol. The van der Waals surface area contributed by atoms with Crippen molar-refractivity contribution in [2.24, 2.45) is 0 Å². The number of esters is 1. The first-order valence-electron chi connectivity index (χ1n) is 5.79. The maximum atomic E-state index is 11.8. The van der Waals surface area contributed by atoms with Gasteiger partial charge in [0.1, 0.15) is 4.88 Å². The number of aryl methyl sites for hydroxylation is 1. The van der Waals surface area contributed by atoms with Gasteiger partial charge >= 0.3 is 5.97 Å². The molecule has 3 N–H and O–H groups in total. The average molecular weight is 286 g/mol. The van der Waals surface area contributed by atoms with E-state index in [4.69, 9.17) is 15.2 Å². The normalized spacial score (nSPS) is 11.9. The van der Waals surface area contributed by atoms with E-state index in [1.54, 1.807) is 13.2 Å². The van der Waals surface area contributed by atoms with Gasteiger partial charge in [0.2, 0.25) is 0 Å². The molecule has 0 aliphatic carbocycles. The highest BCUT2D eigenvalue weighted by Gasteiger charge is 2.20. The lowest BCUT2D eigenvalue weighted by Gasteiger charge is -2.12. The van der Waals surface area contributed by atoms with Crippen LogP contribution in [0.2, 0.25) is 0 Å². The molecule has 0 saturated heterocycles. The van der Waals surface area contributed by atoms with Crippen LogP contribution in [-0.2, 0) is 14.3 Å². The fourth-order valence-electron chi connectivity index (χ4n) is 1.29. The lowest BCUT2D eigenvalue weighted by Crippen LogP contribution is -2.37. The standard InChI is InChI=1S/C12H18N2O4S/c1-7(11(15)14-4-5-17-3)18-12(16)10-6-9(13)8(2)19-10/h6-7H,4-5,13H2,1-3H3,(H,14,15). The third kappa shape index (κ3) is 4.53. The summed E-state index contributed by atoms with van der Waals surface area (Å²) in [6.45, 7) is 4.12. The zero-order chi connectivity index (χ0) is 14.4. The van der Waals surface area contributed by atoms with Gasteiger partial charge in [-0.05, 0) is 19.9 Å². The Kier molecular flexibility index (Phi) is 5.78. The summed E-state index contributed by atoms with van der Waals surface area (Å²) in [6.07, 6.45) is -0.854. The molecule has 0 aliphatic heterocycles. The molecule has 0 spiro atoms. The molecule has 0 aromatic carbocycles. The Bertz CT molecular complexity index is 439. The van der Waals surface area contributed by atoms with Gasteiger partial charge in [-0.3, -0.25) is 4.79 Å². The monoisotopic (exact) mass is 286 g/mol. The Labute approximate surface area is 115 Å². The average Bonchev–Trinajstić information content (AvgIpc) is 2.70. The summed E-state index contributed by atoms with van der Waals surface area (Å²) in [5.41, 5.74) is 6.21. The highest BCUT2D eigenvalue weighted by molar-refractivity contribution is 7.14. The van der Waals surface area contributed by atoms with Gasteiger partial charge in [-0.25, -0.2) is 4.79 Å². The summed E-state index contributed by atoms with van der Waals surface area (Å²) in [7, 11) is 1.54. The largest absolute Gasteiger partial charge is 0.448 e. The third-order valence-electron chi connectivity index (χ3n) is 2.42. The number of anilines is 1. The van der Waals surface area contributed by atoms with E-state index in [-0.39, 0.29) is 5.91 Å². The Morgan fingerprint density at radius 3 is 2.74 bits per heavy atom. The molecule has 19 heavy (non-hydrogen) atoms. The van der Waals surface area contributed by atoms with Crippen LogP contribution < -0.4 is 11.1 Å². The Morgan fingerprint density at radius 2 is 2.21 bits per heavy atom. The number of rotatable bonds is 6. The molecule has 1 atom stereocenters. The summed E-state index contributed by atoms with van der Waals surface area (Å²) >= 11 is 1.25. The summed E-state index contributed by atoms with van der Waals surface area (Å²) < 4.78 is 9.86. The molecule has 1 aromatic heterocycles. The molecule has 106 valence electrons. The molecule has 0 saturated carbocycles. The molecule has 0 radical (unpaired) electrons. The maximum Gasteiger partial charge on any atom is 0.349 e. The first kappa shape index (κ1) is 15.5. The molecule has 1 aromatic rings. The number of methoxy groups -OCH3 is 1. The van der Waals surface area contributed by atoms with Crippen LogP contribution in [0, 0.1) is 6.92 Å². The van der Waals surface area contributed by atoms with Gasteiger partial charge < -0.3 is 20.5 Å². The van der Waals surface area contributed by atoms with Crippen molar-refractivity contribution < 1.29 is 19.1 Å². The van der Waals surface area contributed by atoms with Crippen molar-refractivity contribution in [2.75, 3.05) is 26.0 Å². The number of carbonyl (C=O) groups excluding carboxylic acids is 2. The van der Waals surface area contributed by atoms with Gasteiger partial charge in [0.25, 0.3) is 5.91 Å². The van der Waals surface area contributed by atoms with E-state index in [2.05, 4.69) is 5.32 Å². The van der Waals surface area contributed by atoms with E-state index in [1.807, 2.05) is 6.92 Å². The van der Waals surface area contributed by atoms with E-state index >= 15 is 0 Å². The second kappa shape index (κ2) is 7.10. The van der Waals surface area contributed by atoms with Crippen LogP contribution in [0.1, 0.15) is 21.5 Å². The third-order valence-corrected chi connectivity index (χ3v) is 3.46. The van der Waals surface area contributed by atoms with Gasteiger partial charge in [-0.1, -0.05) is 0 Å². The number of ether oxygens (including phenoxy) is 2. The maximum absolute atomic E-state index is 11.8. The van der Waals surface area contributed by atoms with Crippen LogP contribution in [0.3, 0.4) is 0 Å². The zero-order valence-electron chi connectivity index (χ0n) is 11.2. The minimum atomic E-state index is -0.854. The van der Waals surface area contributed by atoms with Gasteiger partial charge in [0.05, 0.1) is 6.61 Å². The van der Waals surface area contributed by atoms with Crippen LogP contribution in [0.4, 0.5) is 5.69 Å². The quantitative estimate of drug-likeness (QED) is 0.600. The van der Waals surface area contributed by atoms with Gasteiger partial charge in [0, 0.05) is 24.2 Å². The number of nitrogens with two attached hydrogens (primary N) is 1. The minimum absolute atomic E-state index is 0.355. The zero-order valence-corrected chi connectivity index (χ0v) is 12.0. The molecule has 0 bridgehead atoms. The number of hydrogen-bond acceptors (Lipinski definition) is 6. The first-order chi connectivity index (χ1) is 8.95. The molecule has 1 unspecified atom stereocenters. The van der Waals surface area contributed by atoms with E-state index in [1.165, 1.54) is 18.3 Å². The van der Waals surface area contributed by atoms with Crippen LogP contribution in [0.5, 0.6) is 0 Å². The summed E-state index contributed by atoms with van der Waals surface area (Å²) in [5.74, 6) is -0.897. The van der Waals surface area contributed by atoms with E-state index in [0.29, 0.717) is 23.7 Å². The lowest BCUT2D eigenvalue weighted by atomic mass is 10.3. The number of thiophene rings is 1. The topological polar surface area (TPSA) is 90.6 Å². The van der Waals surface area contributed by atoms with Crippen molar-refractivity contribution in [1.29, 1.82) is 0 Å². The molecule has 1 heterocycles. The Balaban J connectivity index is 2.49. The van der Waals surface area contributed by atoms with Crippen LogP contribution in [-0.4, -0.2) is 38.2 Å². The molecule has 6 nitrogen and oxygen atoms in total. The van der Waals surface area contributed by atoms with Crippen molar-refractivity contribution >= 4 is 28.9 Å². The predicted octanol–water partition coefficient (Wildman–Crippen LogP) is 0.947. The Morgan fingerprint density at radius 1 is 1.53 bits per heavy atom. The van der Waals surface area contributed by atoms with Crippen LogP contribution in [0.15, 0.2) is 6.07 Å².